The summed E-state index contributed by atoms with van der Waals surface area (Å²) in [6, 6.07) is 0.699. The van der Waals surface area contributed by atoms with Crippen molar-refractivity contribution >= 4 is 0 Å². The van der Waals surface area contributed by atoms with E-state index >= 15 is 0 Å². The minimum absolute atomic E-state index is 0.699. The Morgan fingerprint density at radius 1 is 1.09 bits per heavy atom. The first-order valence-corrected chi connectivity index (χ1v) is 4.99. The van der Waals surface area contributed by atoms with Crippen molar-refractivity contribution in [2.24, 2.45) is 5.92 Å². The van der Waals surface area contributed by atoms with Crippen molar-refractivity contribution in [1.29, 1.82) is 0 Å². The summed E-state index contributed by atoms with van der Waals surface area (Å²) in [4.78, 5) is 0. The predicted octanol–water partition coefficient (Wildman–Crippen LogP) is 2.81. The van der Waals surface area contributed by atoms with Crippen LogP contribution in [-0.4, -0.2) is 12.6 Å². The van der Waals surface area contributed by atoms with Crippen LogP contribution in [0.4, 0.5) is 0 Å². The van der Waals surface area contributed by atoms with Gasteiger partial charge in [0.15, 0.2) is 0 Å². The highest BCUT2D eigenvalue weighted by Crippen LogP contribution is 2.12. The fourth-order valence-electron chi connectivity index (χ4n) is 1.53. The van der Waals surface area contributed by atoms with E-state index in [0.29, 0.717) is 6.04 Å². The minimum atomic E-state index is 0.699. The van der Waals surface area contributed by atoms with Crippen LogP contribution in [0, 0.1) is 5.92 Å². The van der Waals surface area contributed by atoms with E-state index in [1.54, 1.807) is 0 Å². The number of nitrogens with one attached hydrogen (secondary N) is 1. The quantitative estimate of drug-likeness (QED) is 0.625. The summed E-state index contributed by atoms with van der Waals surface area (Å²) in [7, 11) is 0. The fourth-order valence-corrected chi connectivity index (χ4v) is 1.53. The zero-order valence-corrected chi connectivity index (χ0v) is 8.48. The lowest BCUT2D eigenvalue weighted by Gasteiger charge is -2.22. The van der Waals surface area contributed by atoms with Crippen molar-refractivity contribution in [1.82, 2.24) is 5.32 Å². The molecule has 0 rings (SSSR count). The smallest absolute Gasteiger partial charge is 0.00667 e. The van der Waals surface area contributed by atoms with Gasteiger partial charge in [-0.1, -0.05) is 33.6 Å². The number of hydrogen-bond acceptors (Lipinski definition) is 1. The van der Waals surface area contributed by atoms with E-state index in [1.165, 1.54) is 19.3 Å². The Balaban J connectivity index is 3.51. The van der Waals surface area contributed by atoms with Gasteiger partial charge in [0.05, 0.1) is 0 Å². The van der Waals surface area contributed by atoms with Gasteiger partial charge in [0.1, 0.15) is 0 Å². The molecule has 11 heavy (non-hydrogen) atoms. The Hall–Kier alpha value is -0.0400. The lowest BCUT2D eigenvalue weighted by molar-refractivity contribution is 0.355. The molecule has 0 aromatic heterocycles. The van der Waals surface area contributed by atoms with Gasteiger partial charge in [0.25, 0.3) is 0 Å². The molecule has 0 saturated heterocycles. The Kier molecular flexibility index (Phi) is 6.63. The molecule has 0 heterocycles. The van der Waals surface area contributed by atoms with Crippen LogP contribution in [0.25, 0.3) is 0 Å². The molecule has 0 aliphatic heterocycles. The van der Waals surface area contributed by atoms with Crippen molar-refractivity contribution in [3.8, 4) is 0 Å². The Morgan fingerprint density at radius 2 is 1.64 bits per heavy atom. The van der Waals surface area contributed by atoms with Crippen LogP contribution in [0.3, 0.4) is 0 Å². The maximum atomic E-state index is 3.53. The van der Waals surface area contributed by atoms with Crippen LogP contribution >= 0.6 is 0 Å². The highest BCUT2D eigenvalue weighted by Gasteiger charge is 2.11. The van der Waals surface area contributed by atoms with Gasteiger partial charge in [-0.25, -0.2) is 0 Å². The summed E-state index contributed by atoms with van der Waals surface area (Å²) >= 11 is 0. The Morgan fingerprint density at radius 3 is 2.00 bits per heavy atom. The van der Waals surface area contributed by atoms with Crippen LogP contribution < -0.4 is 5.32 Å². The van der Waals surface area contributed by atoms with Gasteiger partial charge in [0.2, 0.25) is 0 Å². The normalized spacial score (nSPS) is 13.9. The fraction of sp³-hybridized carbons (Fsp3) is 1.00. The second-order valence-corrected chi connectivity index (χ2v) is 3.32. The lowest BCUT2D eigenvalue weighted by atomic mass is 9.95. The first-order valence-electron chi connectivity index (χ1n) is 4.99. The molecular weight excluding hydrogens is 134 g/mol. The van der Waals surface area contributed by atoms with Crippen LogP contribution in [-0.2, 0) is 0 Å². The summed E-state index contributed by atoms with van der Waals surface area (Å²) in [6.45, 7) is 10.2. The van der Waals surface area contributed by atoms with E-state index < -0.39 is 0 Å². The molecule has 1 unspecified atom stereocenters. The molecule has 0 radical (unpaired) electrons. The van der Waals surface area contributed by atoms with Crippen molar-refractivity contribution in [3.63, 3.8) is 0 Å². The molecule has 68 valence electrons. The molecule has 0 aliphatic carbocycles. The second-order valence-electron chi connectivity index (χ2n) is 3.32. The maximum Gasteiger partial charge on any atom is 0.00667 e. The number of rotatable bonds is 6. The Bertz CT molecular complexity index is 76.9. The van der Waals surface area contributed by atoms with Gasteiger partial charge in [-0.15, -0.1) is 0 Å². The van der Waals surface area contributed by atoms with Crippen molar-refractivity contribution in [3.05, 3.63) is 0 Å². The van der Waals surface area contributed by atoms with E-state index in [9.17, 15) is 0 Å². The molecule has 0 spiro atoms. The zero-order valence-electron chi connectivity index (χ0n) is 8.48. The monoisotopic (exact) mass is 157 g/mol. The molecule has 1 atom stereocenters. The SMILES string of the molecule is CCCNC(C)C(CC)CC. The first kappa shape index (κ1) is 11.0. The summed E-state index contributed by atoms with van der Waals surface area (Å²) < 4.78 is 0. The van der Waals surface area contributed by atoms with E-state index in [2.05, 4.69) is 33.0 Å². The van der Waals surface area contributed by atoms with Crippen LogP contribution in [0.5, 0.6) is 0 Å². The van der Waals surface area contributed by atoms with Gasteiger partial charge < -0.3 is 5.32 Å². The van der Waals surface area contributed by atoms with Gasteiger partial charge in [0, 0.05) is 6.04 Å². The van der Waals surface area contributed by atoms with Gasteiger partial charge in [-0.05, 0) is 25.8 Å². The van der Waals surface area contributed by atoms with E-state index in [4.69, 9.17) is 0 Å². The molecule has 0 aromatic carbocycles. The molecule has 0 aromatic rings. The van der Waals surface area contributed by atoms with Crippen molar-refractivity contribution in [2.75, 3.05) is 6.54 Å². The molecule has 1 nitrogen and oxygen atoms in total. The molecule has 0 amide bonds. The van der Waals surface area contributed by atoms with Gasteiger partial charge in [-0.3, -0.25) is 0 Å². The average Bonchev–Trinajstić information content (AvgIpc) is 2.03. The van der Waals surface area contributed by atoms with Gasteiger partial charge >= 0.3 is 0 Å². The summed E-state index contributed by atoms with van der Waals surface area (Å²) in [5, 5.41) is 3.53. The standard InChI is InChI=1S/C10H23N/c1-5-8-11-9(4)10(6-2)7-3/h9-11H,5-8H2,1-4H3. The van der Waals surface area contributed by atoms with E-state index in [-0.39, 0.29) is 0 Å². The first-order chi connectivity index (χ1) is 5.26. The van der Waals surface area contributed by atoms with Crippen LogP contribution in [0.2, 0.25) is 0 Å². The molecule has 0 aliphatic rings. The lowest BCUT2D eigenvalue weighted by Crippen LogP contribution is -2.33. The second kappa shape index (κ2) is 6.66. The molecule has 1 heteroatoms. The van der Waals surface area contributed by atoms with E-state index in [0.717, 1.165) is 12.5 Å². The predicted molar refractivity (Wildman–Crippen MR) is 51.8 cm³/mol. The summed E-state index contributed by atoms with van der Waals surface area (Å²) in [5.41, 5.74) is 0. The van der Waals surface area contributed by atoms with Crippen LogP contribution in [0.15, 0.2) is 0 Å². The average molecular weight is 157 g/mol. The molecule has 0 bridgehead atoms. The maximum absolute atomic E-state index is 3.53. The molecule has 0 fully saturated rings. The largest absolute Gasteiger partial charge is 0.314 e. The highest BCUT2D eigenvalue weighted by atomic mass is 14.9. The topological polar surface area (TPSA) is 12.0 Å². The molecule has 0 saturated carbocycles. The number of hydrogen-bond donors (Lipinski definition) is 1. The van der Waals surface area contributed by atoms with Gasteiger partial charge in [-0.2, -0.15) is 0 Å². The minimum Gasteiger partial charge on any atom is -0.314 e. The van der Waals surface area contributed by atoms with Crippen molar-refractivity contribution in [2.45, 2.75) is 53.0 Å². The zero-order chi connectivity index (χ0) is 8.69. The molecule has 1 N–H and O–H groups in total. The third kappa shape index (κ3) is 4.41. The molecular formula is C10H23N. The summed E-state index contributed by atoms with van der Waals surface area (Å²) in [6.07, 6.45) is 3.84. The third-order valence-corrected chi connectivity index (χ3v) is 2.47. The Labute approximate surface area is 71.6 Å². The highest BCUT2D eigenvalue weighted by molar-refractivity contribution is 4.69. The van der Waals surface area contributed by atoms with E-state index in [1.807, 2.05) is 0 Å². The summed E-state index contributed by atoms with van der Waals surface area (Å²) in [5.74, 6) is 0.863. The van der Waals surface area contributed by atoms with Crippen molar-refractivity contribution < 1.29 is 0 Å². The van der Waals surface area contributed by atoms with Crippen LogP contribution in [0.1, 0.15) is 47.0 Å². The third-order valence-electron chi connectivity index (χ3n) is 2.47.